The summed E-state index contributed by atoms with van der Waals surface area (Å²) in [5.41, 5.74) is 2.84. The lowest BCUT2D eigenvalue weighted by Crippen LogP contribution is -2.41. The van der Waals surface area contributed by atoms with E-state index >= 15 is 0 Å². The van der Waals surface area contributed by atoms with Crippen molar-refractivity contribution in [3.8, 4) is 11.4 Å². The van der Waals surface area contributed by atoms with Gasteiger partial charge in [-0.1, -0.05) is 6.07 Å². The second-order valence-electron chi connectivity index (χ2n) is 10.2. The van der Waals surface area contributed by atoms with Gasteiger partial charge < -0.3 is 10.2 Å². The second-order valence-corrected chi connectivity index (χ2v) is 14.8. The third-order valence-electron chi connectivity index (χ3n) is 6.55. The minimum atomic E-state index is -3.48. The Morgan fingerprint density at radius 1 is 1.07 bits per heavy atom. The van der Waals surface area contributed by atoms with Crippen LogP contribution in [0.3, 0.4) is 0 Å². The SMILES string of the molecule is CC(C)N=S1(=O)CCN(c2cccc(-c3ccc4cnc(CNC(=O)c5cncc(S(C)(=O)=O)c5)cc4n3)n2)CC1.[HH]. The summed E-state index contributed by atoms with van der Waals surface area (Å²) in [5.74, 6) is 1.40. The molecule has 1 aliphatic rings. The zero-order chi connectivity index (χ0) is 29.2. The predicted molar refractivity (Wildman–Crippen MR) is 161 cm³/mol. The van der Waals surface area contributed by atoms with E-state index in [4.69, 9.17) is 9.97 Å². The number of rotatable bonds is 7. The average Bonchev–Trinajstić information content (AvgIpc) is 2.95. The standard InChI is InChI=1S/C28H31N7O4S2.H2/c1-19(2)34-41(39)11-9-35(10-12-41)27-6-4-5-24(33-27)25-8-7-20-16-30-22(14-26(20)32-25)17-31-28(36)21-13-23(18-29-15-21)40(3,37)38;/h4-8,13-16,18-19H,9-12,17H2,1-3H3,(H,31,36);1H. The molecule has 5 heterocycles. The van der Waals surface area contributed by atoms with Crippen LogP contribution in [0.5, 0.6) is 0 Å². The molecule has 4 aromatic rings. The molecule has 0 saturated carbocycles. The van der Waals surface area contributed by atoms with Crippen molar-refractivity contribution in [3.05, 3.63) is 72.3 Å². The van der Waals surface area contributed by atoms with Gasteiger partial charge in [-0.25, -0.2) is 27.0 Å². The van der Waals surface area contributed by atoms with Gasteiger partial charge in [0.15, 0.2) is 9.84 Å². The number of hydrogen-bond acceptors (Lipinski definition) is 10. The van der Waals surface area contributed by atoms with E-state index in [1.807, 2.05) is 44.2 Å². The van der Waals surface area contributed by atoms with E-state index in [1.54, 1.807) is 12.3 Å². The lowest BCUT2D eigenvalue weighted by atomic mass is 10.2. The van der Waals surface area contributed by atoms with Crippen molar-refractivity contribution >= 4 is 42.2 Å². The summed E-state index contributed by atoms with van der Waals surface area (Å²) in [6.45, 7) is 5.29. The van der Waals surface area contributed by atoms with Gasteiger partial charge in [0.2, 0.25) is 0 Å². The van der Waals surface area contributed by atoms with E-state index in [0.717, 1.165) is 17.5 Å². The highest BCUT2D eigenvalue weighted by Crippen LogP contribution is 2.23. The summed E-state index contributed by atoms with van der Waals surface area (Å²) >= 11 is 0. The first-order valence-corrected chi connectivity index (χ1v) is 16.9. The molecule has 1 fully saturated rings. The molecule has 0 radical (unpaired) electrons. The van der Waals surface area contributed by atoms with E-state index in [0.29, 0.717) is 47.2 Å². The smallest absolute Gasteiger partial charge is 0.253 e. The van der Waals surface area contributed by atoms with E-state index < -0.39 is 25.5 Å². The van der Waals surface area contributed by atoms with Crippen LogP contribution in [0.15, 0.2) is 70.3 Å². The minimum absolute atomic E-state index is 0. The molecule has 1 N–H and O–H groups in total. The number of hydrogen-bond donors (Lipinski definition) is 1. The lowest BCUT2D eigenvalue weighted by Gasteiger charge is -2.30. The molecule has 216 valence electrons. The van der Waals surface area contributed by atoms with Crippen LogP contribution in [-0.2, 0) is 26.1 Å². The summed E-state index contributed by atoms with van der Waals surface area (Å²) in [6, 6.07) is 12.8. The topological polar surface area (TPSA) is 147 Å². The fourth-order valence-electron chi connectivity index (χ4n) is 4.50. The van der Waals surface area contributed by atoms with Gasteiger partial charge >= 0.3 is 0 Å². The van der Waals surface area contributed by atoms with Crippen LogP contribution in [0.1, 0.15) is 31.3 Å². The van der Waals surface area contributed by atoms with Crippen molar-refractivity contribution in [1.29, 1.82) is 0 Å². The van der Waals surface area contributed by atoms with Crippen LogP contribution < -0.4 is 10.2 Å². The Labute approximate surface area is 241 Å². The maximum absolute atomic E-state index is 13.0. The predicted octanol–water partition coefficient (Wildman–Crippen LogP) is 3.36. The quantitative estimate of drug-likeness (QED) is 0.340. The lowest BCUT2D eigenvalue weighted by molar-refractivity contribution is 0.0950. The first kappa shape index (κ1) is 28.6. The van der Waals surface area contributed by atoms with Crippen molar-refractivity contribution in [2.45, 2.75) is 31.3 Å². The van der Waals surface area contributed by atoms with Crippen molar-refractivity contribution in [2.24, 2.45) is 4.36 Å². The number of amides is 1. The number of fused-ring (bicyclic) bond motifs is 1. The Kier molecular flexibility index (Phi) is 8.00. The zero-order valence-corrected chi connectivity index (χ0v) is 24.7. The fraction of sp³-hybridized carbons (Fsp3) is 0.321. The summed E-state index contributed by atoms with van der Waals surface area (Å²) in [5, 5.41) is 3.59. The maximum atomic E-state index is 13.0. The summed E-state index contributed by atoms with van der Waals surface area (Å²) in [7, 11) is -5.65. The van der Waals surface area contributed by atoms with Crippen LogP contribution in [0, 0.1) is 0 Å². The third kappa shape index (κ3) is 6.85. The zero-order valence-electron chi connectivity index (χ0n) is 23.0. The molecule has 5 rings (SSSR count). The van der Waals surface area contributed by atoms with Crippen molar-refractivity contribution in [2.75, 3.05) is 35.8 Å². The molecule has 1 amide bonds. The molecule has 0 spiro atoms. The Balaban J connectivity index is 0.00000405. The molecular weight excluding hydrogens is 562 g/mol. The van der Waals surface area contributed by atoms with Crippen molar-refractivity contribution < 1.29 is 18.8 Å². The van der Waals surface area contributed by atoms with Gasteiger partial charge in [0.05, 0.1) is 55.4 Å². The number of anilines is 1. The molecule has 41 heavy (non-hydrogen) atoms. The number of sulfone groups is 1. The van der Waals surface area contributed by atoms with E-state index in [9.17, 15) is 17.4 Å². The highest BCUT2D eigenvalue weighted by molar-refractivity contribution is 7.93. The molecular formula is C28H33N7O4S2. The fourth-order valence-corrected chi connectivity index (χ4v) is 7.28. The average molecular weight is 596 g/mol. The van der Waals surface area contributed by atoms with E-state index in [2.05, 4.69) is 24.5 Å². The Morgan fingerprint density at radius 2 is 1.83 bits per heavy atom. The van der Waals surface area contributed by atoms with Crippen LogP contribution >= 0.6 is 0 Å². The number of aromatic nitrogens is 4. The number of carbonyl (C=O) groups excluding carboxylic acids is 1. The molecule has 4 aromatic heterocycles. The first-order chi connectivity index (χ1) is 19.5. The molecule has 1 saturated heterocycles. The van der Waals surface area contributed by atoms with E-state index in [1.165, 1.54) is 18.5 Å². The monoisotopic (exact) mass is 595 g/mol. The Hall–Kier alpha value is -3.97. The summed E-state index contributed by atoms with van der Waals surface area (Å²) in [4.78, 5) is 32.7. The molecule has 0 bridgehead atoms. The highest BCUT2D eigenvalue weighted by atomic mass is 32.2. The van der Waals surface area contributed by atoms with Crippen molar-refractivity contribution in [1.82, 2.24) is 25.3 Å². The maximum Gasteiger partial charge on any atom is 0.253 e. The van der Waals surface area contributed by atoms with Crippen molar-refractivity contribution in [3.63, 3.8) is 0 Å². The molecule has 11 nitrogen and oxygen atoms in total. The van der Waals surface area contributed by atoms with Gasteiger partial charge in [-0.15, -0.1) is 0 Å². The number of carbonyl (C=O) groups is 1. The third-order valence-corrected chi connectivity index (χ3v) is 10.1. The largest absolute Gasteiger partial charge is 0.355 e. The van der Waals surface area contributed by atoms with Gasteiger partial charge in [0.25, 0.3) is 5.91 Å². The van der Waals surface area contributed by atoms with Crippen LogP contribution in [0.4, 0.5) is 5.82 Å². The molecule has 13 heteroatoms. The highest BCUT2D eigenvalue weighted by Gasteiger charge is 2.22. The molecule has 0 aliphatic carbocycles. The Bertz CT molecular complexity index is 1840. The van der Waals surface area contributed by atoms with Gasteiger partial charge in [0, 0.05) is 56.3 Å². The van der Waals surface area contributed by atoms with E-state index in [-0.39, 0.29) is 24.5 Å². The Morgan fingerprint density at radius 3 is 2.56 bits per heavy atom. The van der Waals surface area contributed by atoms with Crippen LogP contribution in [-0.4, -0.2) is 75.4 Å². The normalized spacial score (nSPS) is 15.2. The molecule has 1 aliphatic heterocycles. The number of nitrogens with zero attached hydrogens (tertiary/aromatic N) is 6. The van der Waals surface area contributed by atoms with Gasteiger partial charge in [-0.2, -0.15) is 0 Å². The second kappa shape index (κ2) is 11.5. The first-order valence-electron chi connectivity index (χ1n) is 13.1. The van der Waals surface area contributed by atoms with Gasteiger partial charge in [-0.3, -0.25) is 14.8 Å². The van der Waals surface area contributed by atoms with Crippen LogP contribution in [0.25, 0.3) is 22.3 Å². The summed E-state index contributed by atoms with van der Waals surface area (Å²) in [6.07, 6.45) is 5.28. The van der Waals surface area contributed by atoms with Gasteiger partial charge in [0.1, 0.15) is 5.82 Å². The molecule has 0 atom stereocenters. The molecule has 0 aromatic carbocycles. The minimum Gasteiger partial charge on any atom is -0.355 e. The number of nitrogens with one attached hydrogen (secondary N) is 1. The summed E-state index contributed by atoms with van der Waals surface area (Å²) < 4.78 is 41.0. The van der Waals surface area contributed by atoms with Gasteiger partial charge in [-0.05, 0) is 50.2 Å². The number of pyridine rings is 4. The molecule has 0 unspecified atom stereocenters. The van der Waals surface area contributed by atoms with Crippen LogP contribution in [0.2, 0.25) is 0 Å².